The third-order valence-corrected chi connectivity index (χ3v) is 4.62. The van der Waals surface area contributed by atoms with Crippen LogP contribution in [0.2, 0.25) is 5.02 Å². The minimum Gasteiger partial charge on any atom is -0.340 e. The summed E-state index contributed by atoms with van der Waals surface area (Å²) in [6.45, 7) is 1.93. The Bertz CT molecular complexity index is 1200. The second-order valence-corrected chi connectivity index (χ2v) is 6.74. The normalized spacial score (nSPS) is 10.6. The maximum Gasteiger partial charge on any atom is 0.249 e. The molecule has 0 aliphatic heterocycles. The third-order valence-electron chi connectivity index (χ3n) is 4.29. The molecule has 0 saturated heterocycles. The van der Waals surface area contributed by atoms with Crippen molar-refractivity contribution >= 4 is 23.1 Å². The van der Waals surface area contributed by atoms with Gasteiger partial charge in [-0.1, -0.05) is 29.8 Å². The van der Waals surface area contributed by atoms with Crippen LogP contribution in [0, 0.1) is 6.92 Å². The van der Waals surface area contributed by atoms with Gasteiger partial charge >= 0.3 is 0 Å². The Labute approximate surface area is 167 Å². The molecule has 3 heterocycles. The summed E-state index contributed by atoms with van der Waals surface area (Å²) in [5, 5.41) is 3.89. The van der Waals surface area contributed by atoms with Gasteiger partial charge in [0.15, 0.2) is 0 Å². The molecule has 0 spiro atoms. The second kappa shape index (κ2) is 7.66. The van der Waals surface area contributed by atoms with Gasteiger partial charge in [0, 0.05) is 46.0 Å². The van der Waals surface area contributed by atoms with Crippen molar-refractivity contribution in [2.24, 2.45) is 0 Å². The van der Waals surface area contributed by atoms with Gasteiger partial charge in [-0.05, 0) is 48.9 Å². The molecule has 0 unspecified atom stereocenters. The molecule has 0 atom stereocenters. The Morgan fingerprint density at radius 1 is 0.929 bits per heavy atom. The second-order valence-electron chi connectivity index (χ2n) is 6.34. The smallest absolute Gasteiger partial charge is 0.249 e. The topological polar surface area (TPSA) is 70.7 Å². The van der Waals surface area contributed by atoms with Gasteiger partial charge in [-0.2, -0.15) is 0 Å². The van der Waals surface area contributed by atoms with Gasteiger partial charge in [0.05, 0.1) is 5.69 Å². The molecule has 138 valence electrons. The quantitative estimate of drug-likeness (QED) is 0.503. The SMILES string of the molecule is Cc1cc(Nc2ncccc2-c2cc(-c3ccccc3Cl)[nH]c(=O)c2)ccn1. The number of anilines is 2. The number of halogens is 1. The van der Waals surface area contributed by atoms with Crippen LogP contribution in [0.15, 0.2) is 77.9 Å². The van der Waals surface area contributed by atoms with E-state index in [9.17, 15) is 4.79 Å². The lowest BCUT2D eigenvalue weighted by Crippen LogP contribution is -2.07. The Balaban J connectivity index is 1.80. The maximum atomic E-state index is 12.3. The van der Waals surface area contributed by atoms with Crippen molar-refractivity contribution in [3.05, 3.63) is 94.1 Å². The van der Waals surface area contributed by atoms with E-state index >= 15 is 0 Å². The molecular weight excluding hydrogens is 372 g/mol. The summed E-state index contributed by atoms with van der Waals surface area (Å²) in [4.78, 5) is 23.9. The lowest BCUT2D eigenvalue weighted by molar-refractivity contribution is 1.20. The molecule has 1 aromatic carbocycles. The lowest BCUT2D eigenvalue weighted by Gasteiger charge is -2.12. The van der Waals surface area contributed by atoms with Gasteiger partial charge in [0.2, 0.25) is 5.56 Å². The number of benzene rings is 1. The minimum atomic E-state index is -0.207. The molecule has 6 heteroatoms. The zero-order valence-electron chi connectivity index (χ0n) is 15.1. The highest BCUT2D eigenvalue weighted by Gasteiger charge is 2.11. The van der Waals surface area contributed by atoms with E-state index in [2.05, 4.69) is 20.3 Å². The van der Waals surface area contributed by atoms with E-state index in [0.29, 0.717) is 16.5 Å². The summed E-state index contributed by atoms with van der Waals surface area (Å²) in [6, 6.07) is 18.4. The molecule has 0 aliphatic rings. The zero-order valence-corrected chi connectivity index (χ0v) is 15.9. The molecule has 0 saturated carbocycles. The monoisotopic (exact) mass is 388 g/mol. The van der Waals surface area contributed by atoms with Gasteiger partial charge < -0.3 is 10.3 Å². The summed E-state index contributed by atoms with van der Waals surface area (Å²) in [5.41, 5.74) is 4.57. The van der Waals surface area contributed by atoms with Crippen molar-refractivity contribution in [3.63, 3.8) is 0 Å². The van der Waals surface area contributed by atoms with Crippen LogP contribution in [0.4, 0.5) is 11.5 Å². The van der Waals surface area contributed by atoms with Gasteiger partial charge in [-0.25, -0.2) is 4.98 Å². The fraction of sp³-hybridized carbons (Fsp3) is 0.0455. The predicted octanol–water partition coefficient (Wildman–Crippen LogP) is 5.20. The lowest BCUT2D eigenvalue weighted by atomic mass is 10.0. The Morgan fingerprint density at radius 2 is 1.75 bits per heavy atom. The van der Waals surface area contributed by atoms with Gasteiger partial charge in [0.1, 0.15) is 5.82 Å². The van der Waals surface area contributed by atoms with Crippen molar-refractivity contribution < 1.29 is 0 Å². The van der Waals surface area contributed by atoms with Crippen molar-refractivity contribution in [3.8, 4) is 22.4 Å². The molecule has 0 radical (unpaired) electrons. The highest BCUT2D eigenvalue weighted by molar-refractivity contribution is 6.33. The summed E-state index contributed by atoms with van der Waals surface area (Å²) in [7, 11) is 0. The number of aryl methyl sites for hydroxylation is 1. The van der Waals surface area contributed by atoms with Crippen molar-refractivity contribution in [1.29, 1.82) is 0 Å². The number of rotatable bonds is 4. The largest absolute Gasteiger partial charge is 0.340 e. The molecule has 0 bridgehead atoms. The van der Waals surface area contributed by atoms with Crippen LogP contribution in [0.3, 0.4) is 0 Å². The van der Waals surface area contributed by atoms with Crippen LogP contribution in [-0.4, -0.2) is 15.0 Å². The fourth-order valence-electron chi connectivity index (χ4n) is 3.02. The predicted molar refractivity (Wildman–Crippen MR) is 113 cm³/mol. The first-order valence-corrected chi connectivity index (χ1v) is 9.12. The Kier molecular flexibility index (Phi) is 4.91. The van der Waals surface area contributed by atoms with E-state index in [0.717, 1.165) is 28.1 Å². The zero-order chi connectivity index (χ0) is 19.5. The van der Waals surface area contributed by atoms with E-state index in [1.807, 2.05) is 55.5 Å². The van der Waals surface area contributed by atoms with Crippen LogP contribution in [0.1, 0.15) is 5.69 Å². The molecule has 2 N–H and O–H groups in total. The number of aromatic amines is 1. The van der Waals surface area contributed by atoms with Crippen LogP contribution < -0.4 is 10.9 Å². The molecule has 0 aliphatic carbocycles. The average molecular weight is 389 g/mol. The first-order valence-electron chi connectivity index (χ1n) is 8.74. The number of hydrogen-bond donors (Lipinski definition) is 2. The van der Waals surface area contributed by atoms with Crippen molar-refractivity contribution in [2.75, 3.05) is 5.32 Å². The van der Waals surface area contributed by atoms with Crippen LogP contribution >= 0.6 is 11.6 Å². The van der Waals surface area contributed by atoms with Gasteiger partial charge in [-0.15, -0.1) is 0 Å². The summed E-state index contributed by atoms with van der Waals surface area (Å²) >= 11 is 6.31. The van der Waals surface area contributed by atoms with E-state index in [4.69, 9.17) is 11.6 Å². The van der Waals surface area contributed by atoms with Crippen LogP contribution in [0.25, 0.3) is 22.4 Å². The number of pyridine rings is 3. The van der Waals surface area contributed by atoms with E-state index in [-0.39, 0.29) is 5.56 Å². The van der Waals surface area contributed by atoms with Crippen LogP contribution in [-0.2, 0) is 0 Å². The molecule has 28 heavy (non-hydrogen) atoms. The molecule has 4 aromatic rings. The van der Waals surface area contributed by atoms with Gasteiger partial charge in [0.25, 0.3) is 0 Å². The van der Waals surface area contributed by atoms with E-state index in [1.165, 1.54) is 0 Å². The minimum absolute atomic E-state index is 0.207. The van der Waals surface area contributed by atoms with E-state index in [1.54, 1.807) is 24.5 Å². The number of nitrogens with one attached hydrogen (secondary N) is 2. The van der Waals surface area contributed by atoms with E-state index < -0.39 is 0 Å². The Morgan fingerprint density at radius 3 is 2.57 bits per heavy atom. The number of H-pyrrole nitrogens is 1. The third kappa shape index (κ3) is 3.80. The van der Waals surface area contributed by atoms with Crippen molar-refractivity contribution in [1.82, 2.24) is 15.0 Å². The first-order chi connectivity index (χ1) is 13.6. The number of nitrogens with zero attached hydrogens (tertiary/aromatic N) is 2. The first kappa shape index (κ1) is 17.9. The van der Waals surface area contributed by atoms with Crippen LogP contribution in [0.5, 0.6) is 0 Å². The highest BCUT2D eigenvalue weighted by atomic mass is 35.5. The summed E-state index contributed by atoms with van der Waals surface area (Å²) in [6.07, 6.45) is 3.45. The molecular formula is C22H17ClN4O. The molecule has 0 fully saturated rings. The number of hydrogen-bond acceptors (Lipinski definition) is 4. The molecule has 5 nitrogen and oxygen atoms in total. The molecule has 4 rings (SSSR count). The summed E-state index contributed by atoms with van der Waals surface area (Å²) < 4.78 is 0. The molecule has 0 amide bonds. The van der Waals surface area contributed by atoms with Crippen molar-refractivity contribution in [2.45, 2.75) is 6.92 Å². The summed E-state index contributed by atoms with van der Waals surface area (Å²) in [5.74, 6) is 0.656. The Hall–Kier alpha value is -3.44. The number of aromatic nitrogens is 3. The fourth-order valence-corrected chi connectivity index (χ4v) is 3.26. The highest BCUT2D eigenvalue weighted by Crippen LogP contribution is 2.31. The average Bonchev–Trinajstić information content (AvgIpc) is 2.68. The standard InChI is InChI=1S/C22H17ClN4O/c1-14-11-16(8-10-24-14)26-22-17(6-4-9-25-22)15-12-20(27-21(28)13-15)18-5-2-3-7-19(18)23/h2-13H,1H3,(H,27,28)(H,24,25,26). The molecule has 3 aromatic heterocycles. The van der Waals surface area contributed by atoms with Gasteiger partial charge in [-0.3, -0.25) is 9.78 Å². The maximum absolute atomic E-state index is 12.3.